The van der Waals surface area contributed by atoms with Crippen molar-refractivity contribution in [1.82, 2.24) is 5.32 Å². The molecule has 1 unspecified atom stereocenters. The molecule has 2 N–H and O–H groups in total. The Morgan fingerprint density at radius 2 is 2.07 bits per heavy atom. The molecule has 0 saturated carbocycles. The van der Waals surface area contributed by atoms with Gasteiger partial charge in [-0.3, -0.25) is 4.79 Å². The largest absolute Gasteiger partial charge is 0.456 e. The van der Waals surface area contributed by atoms with E-state index in [4.69, 9.17) is 4.74 Å². The smallest absolute Gasteiger partial charge is 0.338 e. The van der Waals surface area contributed by atoms with Gasteiger partial charge in [0, 0.05) is 0 Å². The van der Waals surface area contributed by atoms with Gasteiger partial charge in [0.2, 0.25) is 11.4 Å². The first kappa shape index (κ1) is 10.4. The Kier molecular flexibility index (Phi) is 2.05. The van der Waals surface area contributed by atoms with Crippen LogP contribution in [0.15, 0.2) is 0 Å². The molecule has 2 rings (SSSR count). The lowest BCUT2D eigenvalue weighted by Gasteiger charge is -2.46. The summed E-state index contributed by atoms with van der Waals surface area (Å²) in [5.41, 5.74) is -1.19. The minimum absolute atomic E-state index is 0.106. The van der Waals surface area contributed by atoms with Crippen molar-refractivity contribution in [2.75, 3.05) is 0 Å². The average Bonchev–Trinajstić information content (AvgIpc) is 2.37. The maximum Gasteiger partial charge on any atom is 0.338 e. The third kappa shape index (κ3) is 1.07. The monoisotopic (exact) mass is 213 g/mol. The molecule has 2 saturated heterocycles. The van der Waals surface area contributed by atoms with Gasteiger partial charge in [-0.05, 0) is 12.8 Å². The number of nitrogens with one attached hydrogen (secondary N) is 1. The van der Waals surface area contributed by atoms with Crippen molar-refractivity contribution in [3.05, 3.63) is 0 Å². The van der Waals surface area contributed by atoms with Crippen LogP contribution in [0.5, 0.6) is 0 Å². The van der Waals surface area contributed by atoms with Crippen molar-refractivity contribution in [3.63, 3.8) is 0 Å². The molecule has 2 aliphatic heterocycles. The number of ether oxygens (including phenoxy) is 1. The highest BCUT2D eigenvalue weighted by Crippen LogP contribution is 2.42. The Hall–Kier alpha value is -1.10. The standard InChI is InChI=1S/C10H15NO4/c1-4(2)6(12)10-7(15-9(10)14)5(3)8(13)11-10/h4-7,12H,1-3H3,(H,11,13)/t5-,6?,7+,10-/m1/s1. The molecule has 0 aromatic heterocycles. The summed E-state index contributed by atoms with van der Waals surface area (Å²) < 4.78 is 4.94. The van der Waals surface area contributed by atoms with E-state index in [9.17, 15) is 14.7 Å². The summed E-state index contributed by atoms with van der Waals surface area (Å²) in [6, 6.07) is 0. The molecule has 0 bridgehead atoms. The van der Waals surface area contributed by atoms with Crippen LogP contribution in [0.2, 0.25) is 0 Å². The number of carbonyl (C=O) groups is 2. The molecule has 0 aromatic rings. The minimum Gasteiger partial charge on any atom is -0.456 e. The fourth-order valence-electron chi connectivity index (χ4n) is 2.33. The van der Waals surface area contributed by atoms with Gasteiger partial charge >= 0.3 is 5.97 Å². The van der Waals surface area contributed by atoms with Gasteiger partial charge in [-0.2, -0.15) is 0 Å². The quantitative estimate of drug-likeness (QED) is 0.602. The van der Waals surface area contributed by atoms with Gasteiger partial charge in [0.1, 0.15) is 6.10 Å². The molecular weight excluding hydrogens is 198 g/mol. The average molecular weight is 213 g/mol. The van der Waals surface area contributed by atoms with Crippen LogP contribution in [-0.4, -0.2) is 34.7 Å². The predicted octanol–water partition coefficient (Wildman–Crippen LogP) is -0.567. The first-order valence-electron chi connectivity index (χ1n) is 5.12. The number of amides is 1. The number of hydrogen-bond acceptors (Lipinski definition) is 4. The van der Waals surface area contributed by atoms with Gasteiger partial charge in [-0.1, -0.05) is 13.8 Å². The van der Waals surface area contributed by atoms with Gasteiger partial charge in [0.25, 0.3) is 0 Å². The minimum atomic E-state index is -1.19. The number of aliphatic hydroxyl groups is 1. The van der Waals surface area contributed by atoms with E-state index in [1.165, 1.54) is 0 Å². The predicted molar refractivity (Wildman–Crippen MR) is 50.8 cm³/mol. The van der Waals surface area contributed by atoms with E-state index < -0.39 is 23.7 Å². The lowest BCUT2D eigenvalue weighted by molar-refractivity contribution is -0.206. The van der Waals surface area contributed by atoms with E-state index in [-0.39, 0.29) is 17.7 Å². The number of fused-ring (bicyclic) bond motifs is 1. The first-order valence-corrected chi connectivity index (χ1v) is 5.12. The van der Waals surface area contributed by atoms with Crippen LogP contribution in [0.4, 0.5) is 0 Å². The molecule has 0 radical (unpaired) electrons. The topological polar surface area (TPSA) is 75.6 Å². The van der Waals surface area contributed by atoms with Crippen molar-refractivity contribution in [1.29, 1.82) is 0 Å². The molecule has 2 aliphatic rings. The summed E-state index contributed by atoms with van der Waals surface area (Å²) in [6.07, 6.45) is -1.41. The van der Waals surface area contributed by atoms with Gasteiger partial charge in [0.15, 0.2) is 0 Å². The van der Waals surface area contributed by atoms with Crippen molar-refractivity contribution in [2.45, 2.75) is 38.5 Å². The molecule has 0 aromatic carbocycles. The van der Waals surface area contributed by atoms with E-state index in [0.717, 1.165) is 0 Å². The summed E-state index contributed by atoms with van der Waals surface area (Å²) in [5.74, 6) is -1.24. The highest BCUT2D eigenvalue weighted by Gasteiger charge is 2.70. The molecule has 1 amide bonds. The Labute approximate surface area is 87.8 Å². The normalized spacial score (nSPS) is 40.6. The van der Waals surface area contributed by atoms with Crippen LogP contribution in [0.1, 0.15) is 20.8 Å². The van der Waals surface area contributed by atoms with Crippen LogP contribution < -0.4 is 5.32 Å². The second-order valence-electron chi connectivity index (χ2n) is 4.66. The second-order valence-corrected chi connectivity index (χ2v) is 4.66. The van der Waals surface area contributed by atoms with Gasteiger partial charge in [0.05, 0.1) is 12.0 Å². The molecule has 15 heavy (non-hydrogen) atoms. The number of rotatable bonds is 2. The van der Waals surface area contributed by atoms with Gasteiger partial charge in [-0.15, -0.1) is 0 Å². The van der Waals surface area contributed by atoms with E-state index in [1.54, 1.807) is 20.8 Å². The highest BCUT2D eigenvalue weighted by molar-refractivity contribution is 5.99. The molecule has 5 heteroatoms. The fourth-order valence-corrected chi connectivity index (χ4v) is 2.33. The maximum absolute atomic E-state index is 11.5. The number of carbonyl (C=O) groups excluding carboxylic acids is 2. The maximum atomic E-state index is 11.5. The molecule has 0 aliphatic carbocycles. The van der Waals surface area contributed by atoms with Crippen molar-refractivity contribution in [3.8, 4) is 0 Å². The van der Waals surface area contributed by atoms with Gasteiger partial charge < -0.3 is 15.2 Å². The molecule has 0 spiro atoms. The summed E-state index contributed by atoms with van der Waals surface area (Å²) in [7, 11) is 0. The Morgan fingerprint density at radius 1 is 1.47 bits per heavy atom. The van der Waals surface area contributed by atoms with Crippen molar-refractivity contribution < 1.29 is 19.4 Å². The fraction of sp³-hybridized carbons (Fsp3) is 0.800. The molecule has 5 nitrogen and oxygen atoms in total. The third-order valence-corrected chi connectivity index (χ3v) is 3.32. The zero-order chi connectivity index (χ0) is 11.4. The van der Waals surface area contributed by atoms with Crippen molar-refractivity contribution in [2.24, 2.45) is 11.8 Å². The number of aliphatic hydroxyl groups excluding tert-OH is 1. The van der Waals surface area contributed by atoms with Gasteiger partial charge in [-0.25, -0.2) is 4.79 Å². The zero-order valence-corrected chi connectivity index (χ0v) is 8.98. The molecule has 2 heterocycles. The Balaban J connectivity index is 2.33. The Bertz CT molecular complexity index is 327. The lowest BCUT2D eigenvalue weighted by Crippen LogP contribution is -2.73. The third-order valence-electron chi connectivity index (χ3n) is 3.32. The molecule has 2 fully saturated rings. The van der Waals surface area contributed by atoms with Crippen LogP contribution in [0.25, 0.3) is 0 Å². The summed E-state index contributed by atoms with van der Waals surface area (Å²) >= 11 is 0. The van der Waals surface area contributed by atoms with Crippen LogP contribution in [0, 0.1) is 11.8 Å². The van der Waals surface area contributed by atoms with Crippen molar-refractivity contribution >= 4 is 11.9 Å². The van der Waals surface area contributed by atoms with E-state index in [2.05, 4.69) is 5.32 Å². The molecule has 4 atom stereocenters. The summed E-state index contributed by atoms with van der Waals surface area (Å²) in [5, 5.41) is 12.6. The SMILES string of the molecule is CC(C)C(O)[C@@]12NC(=O)[C@H](C)[C@@H]1OC2=O. The first-order chi connectivity index (χ1) is 6.91. The van der Waals surface area contributed by atoms with E-state index in [0.29, 0.717) is 0 Å². The van der Waals surface area contributed by atoms with Crippen LogP contribution in [0.3, 0.4) is 0 Å². The number of hydrogen-bond donors (Lipinski definition) is 2. The highest BCUT2D eigenvalue weighted by atomic mass is 16.6. The Morgan fingerprint density at radius 3 is 2.47 bits per heavy atom. The zero-order valence-electron chi connectivity index (χ0n) is 8.98. The van der Waals surface area contributed by atoms with E-state index in [1.807, 2.05) is 0 Å². The second kappa shape index (κ2) is 2.95. The van der Waals surface area contributed by atoms with E-state index >= 15 is 0 Å². The lowest BCUT2D eigenvalue weighted by atomic mass is 9.76. The van der Waals surface area contributed by atoms with Crippen LogP contribution >= 0.6 is 0 Å². The summed E-state index contributed by atoms with van der Waals surface area (Å²) in [6.45, 7) is 5.30. The van der Waals surface area contributed by atoms with Crippen LogP contribution in [-0.2, 0) is 14.3 Å². The molecular formula is C10H15NO4. The summed E-state index contributed by atoms with van der Waals surface area (Å²) in [4.78, 5) is 22.9. The molecule has 84 valence electrons. The number of esters is 1.